The van der Waals surface area contributed by atoms with Gasteiger partial charge in [0, 0.05) is 28.6 Å². The summed E-state index contributed by atoms with van der Waals surface area (Å²) in [6, 6.07) is 11.6. The Balaban J connectivity index is 1.81. The van der Waals surface area contributed by atoms with Crippen molar-refractivity contribution in [3.63, 3.8) is 0 Å². The number of rotatable bonds is 2. The van der Waals surface area contributed by atoms with Crippen molar-refractivity contribution in [3.05, 3.63) is 58.6 Å². The van der Waals surface area contributed by atoms with E-state index in [1.807, 2.05) is 0 Å². The number of imide groups is 1. The summed E-state index contributed by atoms with van der Waals surface area (Å²) in [5.41, 5.74) is -0.955. The van der Waals surface area contributed by atoms with E-state index in [1.54, 1.807) is 12.1 Å². The molecule has 1 aliphatic carbocycles. The molecule has 2 aromatic carbocycles. The van der Waals surface area contributed by atoms with Gasteiger partial charge in [-0.25, -0.2) is 18.5 Å². The molecule has 1 aliphatic heterocycles. The van der Waals surface area contributed by atoms with Crippen LogP contribution < -0.4 is 9.80 Å². The smallest absolute Gasteiger partial charge is 0.278 e. The van der Waals surface area contributed by atoms with Crippen LogP contribution in [0.25, 0.3) is 0 Å². The predicted octanol–water partition coefficient (Wildman–Crippen LogP) is 5.13. The zero-order valence-electron chi connectivity index (χ0n) is 13.3. The monoisotopic (exact) mass is 396 g/mol. The van der Waals surface area contributed by atoms with Crippen molar-refractivity contribution < 1.29 is 18.4 Å². The molecule has 2 fully saturated rings. The number of hydrogen-bond acceptors (Lipinski definition) is 2. The number of carbonyl (C=O) groups excluding carboxylic acids is 2. The van der Waals surface area contributed by atoms with Gasteiger partial charge in [0.2, 0.25) is 0 Å². The lowest BCUT2D eigenvalue weighted by Gasteiger charge is -2.47. The largest absolute Gasteiger partial charge is 0.336 e. The van der Waals surface area contributed by atoms with Crippen molar-refractivity contribution in [2.24, 2.45) is 0 Å². The zero-order valence-corrected chi connectivity index (χ0v) is 14.8. The fourth-order valence-corrected chi connectivity index (χ4v) is 3.80. The van der Waals surface area contributed by atoms with Crippen LogP contribution in [0, 0.1) is 0 Å². The highest BCUT2D eigenvalue weighted by molar-refractivity contribution is 6.33. The van der Waals surface area contributed by atoms with Gasteiger partial charge in [0.05, 0.1) is 5.69 Å². The van der Waals surface area contributed by atoms with Crippen LogP contribution in [-0.4, -0.2) is 23.4 Å². The second-order valence-electron chi connectivity index (χ2n) is 6.45. The Morgan fingerprint density at radius 3 is 1.73 bits per heavy atom. The fraction of sp³-hybridized carbons (Fsp3) is 0.222. The number of nitrogens with zero attached hydrogens (tertiary/aromatic N) is 2. The van der Waals surface area contributed by atoms with Gasteiger partial charge in [0.25, 0.3) is 11.8 Å². The fourth-order valence-electron chi connectivity index (χ4n) is 3.55. The summed E-state index contributed by atoms with van der Waals surface area (Å²) in [4.78, 5) is 28.1. The first-order valence-electron chi connectivity index (χ1n) is 7.81. The standard InChI is InChI=1S/C18H12Cl2F2N2O2/c19-11-1-5-13(6-2-11)23-15(25)17(9-18(21,22)10-17)24(16(23)26)14-7-3-12(20)4-8-14/h1-8H,9-10H2. The molecule has 0 radical (unpaired) electrons. The molecule has 1 heterocycles. The molecule has 0 bridgehead atoms. The topological polar surface area (TPSA) is 40.6 Å². The number of halogens is 4. The minimum absolute atomic E-state index is 0.287. The van der Waals surface area contributed by atoms with E-state index >= 15 is 0 Å². The van der Waals surface area contributed by atoms with E-state index in [2.05, 4.69) is 0 Å². The van der Waals surface area contributed by atoms with Gasteiger partial charge in [-0.1, -0.05) is 23.2 Å². The van der Waals surface area contributed by atoms with Crippen molar-refractivity contribution in [2.45, 2.75) is 24.3 Å². The molecule has 2 aliphatic rings. The average Bonchev–Trinajstić information content (AvgIpc) is 2.77. The molecule has 0 N–H and O–H groups in total. The highest BCUT2D eigenvalue weighted by Crippen LogP contribution is 2.54. The first kappa shape index (κ1) is 17.2. The average molecular weight is 397 g/mol. The van der Waals surface area contributed by atoms with Crippen LogP contribution in [0.3, 0.4) is 0 Å². The quantitative estimate of drug-likeness (QED) is 0.659. The van der Waals surface area contributed by atoms with Gasteiger partial charge in [-0.2, -0.15) is 0 Å². The molecule has 134 valence electrons. The predicted molar refractivity (Wildman–Crippen MR) is 95.2 cm³/mol. The van der Waals surface area contributed by atoms with Crippen LogP contribution in [-0.2, 0) is 4.79 Å². The van der Waals surface area contributed by atoms with Crippen LogP contribution >= 0.6 is 23.2 Å². The molecular weight excluding hydrogens is 385 g/mol. The van der Waals surface area contributed by atoms with Gasteiger partial charge in [0.1, 0.15) is 5.54 Å². The summed E-state index contributed by atoms with van der Waals surface area (Å²) in [5, 5.41) is 0.876. The number of anilines is 2. The molecular formula is C18H12Cl2F2N2O2. The van der Waals surface area contributed by atoms with Gasteiger partial charge in [-0.15, -0.1) is 0 Å². The van der Waals surface area contributed by atoms with Gasteiger partial charge in [0.15, 0.2) is 0 Å². The summed E-state index contributed by atoms with van der Waals surface area (Å²) < 4.78 is 27.4. The maximum absolute atomic E-state index is 13.7. The summed E-state index contributed by atoms with van der Waals surface area (Å²) in [7, 11) is 0. The van der Waals surface area contributed by atoms with Crippen LogP contribution in [0.4, 0.5) is 25.0 Å². The maximum Gasteiger partial charge on any atom is 0.336 e. The summed E-state index contributed by atoms with van der Waals surface area (Å²) in [6.45, 7) is 0. The molecule has 0 atom stereocenters. The van der Waals surface area contributed by atoms with Crippen LogP contribution in [0.2, 0.25) is 10.0 Å². The van der Waals surface area contributed by atoms with E-state index in [9.17, 15) is 18.4 Å². The molecule has 4 nitrogen and oxygen atoms in total. The van der Waals surface area contributed by atoms with E-state index in [4.69, 9.17) is 23.2 Å². The number of benzene rings is 2. The van der Waals surface area contributed by atoms with Gasteiger partial charge in [-0.05, 0) is 48.5 Å². The number of urea groups is 1. The lowest BCUT2D eigenvalue weighted by Crippen LogP contribution is -2.64. The molecule has 1 spiro atoms. The van der Waals surface area contributed by atoms with Gasteiger partial charge < -0.3 is 0 Å². The molecule has 26 heavy (non-hydrogen) atoms. The molecule has 4 rings (SSSR count). The van der Waals surface area contributed by atoms with E-state index in [1.165, 1.54) is 36.4 Å². The molecule has 8 heteroatoms. The van der Waals surface area contributed by atoms with E-state index in [-0.39, 0.29) is 5.69 Å². The van der Waals surface area contributed by atoms with Crippen molar-refractivity contribution in [1.82, 2.24) is 0 Å². The second-order valence-corrected chi connectivity index (χ2v) is 7.33. The Morgan fingerprint density at radius 1 is 0.808 bits per heavy atom. The van der Waals surface area contributed by atoms with E-state index in [0.29, 0.717) is 15.7 Å². The minimum atomic E-state index is -2.99. The van der Waals surface area contributed by atoms with Gasteiger partial charge >= 0.3 is 6.03 Å². The zero-order chi connectivity index (χ0) is 18.7. The highest BCUT2D eigenvalue weighted by Gasteiger charge is 2.71. The Labute approximate surface area is 157 Å². The Kier molecular flexibility index (Phi) is 3.75. The molecule has 0 unspecified atom stereocenters. The lowest BCUT2D eigenvalue weighted by atomic mass is 9.72. The Bertz CT molecular complexity index is 892. The summed E-state index contributed by atoms with van der Waals surface area (Å²) in [5.74, 6) is -3.65. The lowest BCUT2D eigenvalue weighted by molar-refractivity contribution is -0.149. The molecule has 1 saturated heterocycles. The number of alkyl halides is 2. The SMILES string of the molecule is O=C1N(c2ccc(Cl)cc2)C(=O)C2(CC(F)(F)C2)N1c1ccc(Cl)cc1. The minimum Gasteiger partial charge on any atom is -0.278 e. The second kappa shape index (κ2) is 5.66. The van der Waals surface area contributed by atoms with Crippen molar-refractivity contribution >= 4 is 46.5 Å². The first-order chi connectivity index (χ1) is 12.2. The highest BCUT2D eigenvalue weighted by atomic mass is 35.5. The normalized spacial score (nSPS) is 20.6. The van der Waals surface area contributed by atoms with Crippen LogP contribution in [0.1, 0.15) is 12.8 Å². The van der Waals surface area contributed by atoms with Crippen LogP contribution in [0.5, 0.6) is 0 Å². The third-order valence-corrected chi connectivity index (χ3v) is 5.19. The van der Waals surface area contributed by atoms with E-state index in [0.717, 1.165) is 9.80 Å². The van der Waals surface area contributed by atoms with Crippen LogP contribution in [0.15, 0.2) is 48.5 Å². The Morgan fingerprint density at radius 2 is 1.27 bits per heavy atom. The maximum atomic E-state index is 13.7. The molecule has 3 amide bonds. The first-order valence-corrected chi connectivity index (χ1v) is 8.57. The third-order valence-electron chi connectivity index (χ3n) is 4.68. The summed E-state index contributed by atoms with van der Waals surface area (Å²) >= 11 is 11.7. The molecule has 1 saturated carbocycles. The van der Waals surface area contributed by atoms with Crippen molar-refractivity contribution in [3.8, 4) is 0 Å². The van der Waals surface area contributed by atoms with Crippen molar-refractivity contribution in [2.75, 3.05) is 9.80 Å². The number of amides is 3. The Hall–Kier alpha value is -2.18. The van der Waals surface area contributed by atoms with E-state index < -0.39 is 36.2 Å². The number of carbonyl (C=O) groups is 2. The molecule has 0 aromatic heterocycles. The number of hydrogen-bond donors (Lipinski definition) is 0. The summed E-state index contributed by atoms with van der Waals surface area (Å²) in [6.07, 6.45) is -1.42. The molecule has 2 aromatic rings. The van der Waals surface area contributed by atoms with Crippen molar-refractivity contribution in [1.29, 1.82) is 0 Å². The van der Waals surface area contributed by atoms with Gasteiger partial charge in [-0.3, -0.25) is 9.69 Å². The third kappa shape index (κ3) is 2.47.